The summed E-state index contributed by atoms with van der Waals surface area (Å²) in [5.41, 5.74) is 2.02. The number of nitrogens with one attached hydrogen (secondary N) is 1. The van der Waals surface area contributed by atoms with Gasteiger partial charge in [-0.25, -0.2) is 4.98 Å². The van der Waals surface area contributed by atoms with E-state index in [0.29, 0.717) is 13.1 Å². The molecule has 142 valence electrons. The molecule has 1 aromatic carbocycles. The predicted molar refractivity (Wildman–Crippen MR) is 104 cm³/mol. The van der Waals surface area contributed by atoms with E-state index in [4.69, 9.17) is 0 Å². The van der Waals surface area contributed by atoms with E-state index in [1.165, 1.54) is 18.6 Å². The largest absolute Gasteiger partial charge is 0.350 e. The van der Waals surface area contributed by atoms with Crippen LogP contribution in [0.1, 0.15) is 28.2 Å². The van der Waals surface area contributed by atoms with E-state index in [9.17, 15) is 9.59 Å². The monoisotopic (exact) mass is 375 g/mol. The van der Waals surface area contributed by atoms with Gasteiger partial charge in [-0.15, -0.1) is 0 Å². The van der Waals surface area contributed by atoms with Gasteiger partial charge in [0.1, 0.15) is 5.69 Å². The fraction of sp³-hybridized carbons (Fsp3) is 0.190. The highest BCUT2D eigenvalue weighted by Gasteiger charge is 2.18. The van der Waals surface area contributed by atoms with Gasteiger partial charge in [0.25, 0.3) is 5.91 Å². The zero-order valence-corrected chi connectivity index (χ0v) is 15.4. The third-order valence-corrected chi connectivity index (χ3v) is 4.09. The number of hydrogen-bond acceptors (Lipinski definition) is 5. The molecule has 28 heavy (non-hydrogen) atoms. The van der Waals surface area contributed by atoms with Gasteiger partial charge in [0, 0.05) is 38.1 Å². The molecular weight excluding hydrogens is 354 g/mol. The zero-order valence-electron chi connectivity index (χ0n) is 15.4. The van der Waals surface area contributed by atoms with Crippen molar-refractivity contribution in [3.05, 3.63) is 90.3 Å². The summed E-state index contributed by atoms with van der Waals surface area (Å²) in [6, 6.07) is 15.2. The highest BCUT2D eigenvalue weighted by atomic mass is 16.2. The van der Waals surface area contributed by atoms with Crippen molar-refractivity contribution in [2.75, 3.05) is 6.54 Å². The Morgan fingerprint density at radius 2 is 1.75 bits per heavy atom. The SMILES string of the molecule is O=C(CCN(Cc1ccccc1)C(=O)c1cnccn1)NCc1ccccn1. The number of hydrogen-bond donors (Lipinski definition) is 1. The Bertz CT molecular complexity index is 888. The topological polar surface area (TPSA) is 88.1 Å². The number of nitrogens with zero attached hydrogens (tertiary/aromatic N) is 4. The van der Waals surface area contributed by atoms with Crippen molar-refractivity contribution in [3.8, 4) is 0 Å². The average molecular weight is 375 g/mol. The molecule has 2 aromatic heterocycles. The molecule has 0 aliphatic carbocycles. The minimum absolute atomic E-state index is 0.143. The van der Waals surface area contributed by atoms with E-state index in [1.54, 1.807) is 11.1 Å². The second-order valence-corrected chi connectivity index (χ2v) is 6.15. The Hall–Kier alpha value is -3.61. The number of rotatable bonds is 8. The van der Waals surface area contributed by atoms with Crippen molar-refractivity contribution in [1.82, 2.24) is 25.2 Å². The van der Waals surface area contributed by atoms with Crippen LogP contribution in [-0.4, -0.2) is 38.2 Å². The molecular formula is C21H21N5O2. The predicted octanol–water partition coefficient (Wildman–Crippen LogP) is 2.22. The van der Waals surface area contributed by atoms with Crippen molar-refractivity contribution in [2.24, 2.45) is 0 Å². The quantitative estimate of drug-likeness (QED) is 0.652. The third-order valence-electron chi connectivity index (χ3n) is 4.09. The van der Waals surface area contributed by atoms with Crippen LogP contribution in [0.25, 0.3) is 0 Å². The van der Waals surface area contributed by atoms with Gasteiger partial charge in [0.05, 0.1) is 18.4 Å². The number of aromatic nitrogens is 3. The maximum Gasteiger partial charge on any atom is 0.274 e. The van der Waals surface area contributed by atoms with E-state index >= 15 is 0 Å². The molecule has 3 aromatic rings. The Morgan fingerprint density at radius 3 is 2.46 bits per heavy atom. The number of pyridine rings is 1. The standard InChI is InChI=1S/C21H21N5O2/c27-20(25-14-18-8-4-5-10-23-18)9-13-26(16-17-6-2-1-3-7-17)21(28)19-15-22-11-12-24-19/h1-8,10-12,15H,9,13-14,16H2,(H,25,27). The van der Waals surface area contributed by atoms with Crippen molar-refractivity contribution in [3.63, 3.8) is 0 Å². The molecule has 0 atom stereocenters. The van der Waals surface area contributed by atoms with Crippen LogP contribution in [0.15, 0.2) is 73.3 Å². The molecule has 0 bridgehead atoms. The minimum Gasteiger partial charge on any atom is -0.350 e. The lowest BCUT2D eigenvalue weighted by Crippen LogP contribution is -2.35. The molecule has 1 N–H and O–H groups in total. The lowest BCUT2D eigenvalue weighted by molar-refractivity contribution is -0.121. The molecule has 0 aliphatic rings. The lowest BCUT2D eigenvalue weighted by atomic mass is 10.2. The number of carbonyl (C=O) groups excluding carboxylic acids is 2. The average Bonchev–Trinajstić information content (AvgIpc) is 2.76. The molecule has 0 aliphatic heterocycles. The summed E-state index contributed by atoms with van der Waals surface area (Å²) in [6.07, 6.45) is 6.30. The summed E-state index contributed by atoms with van der Waals surface area (Å²) in [6.45, 7) is 1.03. The molecule has 0 saturated heterocycles. The fourth-order valence-corrected chi connectivity index (χ4v) is 2.64. The normalized spacial score (nSPS) is 10.3. The molecule has 0 unspecified atom stereocenters. The van der Waals surface area contributed by atoms with Crippen LogP contribution < -0.4 is 5.32 Å². The molecule has 2 amide bonds. The van der Waals surface area contributed by atoms with Crippen molar-refractivity contribution >= 4 is 11.8 Å². The van der Waals surface area contributed by atoms with E-state index < -0.39 is 0 Å². The summed E-state index contributed by atoms with van der Waals surface area (Å²) < 4.78 is 0. The molecule has 0 radical (unpaired) electrons. The van der Waals surface area contributed by atoms with E-state index in [2.05, 4.69) is 20.3 Å². The molecule has 0 fully saturated rings. The third kappa shape index (κ3) is 5.70. The highest BCUT2D eigenvalue weighted by Crippen LogP contribution is 2.09. The van der Waals surface area contributed by atoms with E-state index in [-0.39, 0.29) is 30.5 Å². The van der Waals surface area contributed by atoms with Gasteiger partial charge in [-0.2, -0.15) is 0 Å². The highest BCUT2D eigenvalue weighted by molar-refractivity contribution is 5.92. The molecule has 0 spiro atoms. The van der Waals surface area contributed by atoms with Crippen LogP contribution in [0.5, 0.6) is 0 Å². The molecule has 2 heterocycles. The van der Waals surface area contributed by atoms with Crippen molar-refractivity contribution in [2.45, 2.75) is 19.5 Å². The first kappa shape index (κ1) is 19.2. The Labute approximate surface area is 163 Å². The number of benzene rings is 1. The Balaban J connectivity index is 1.61. The van der Waals surface area contributed by atoms with Crippen molar-refractivity contribution in [1.29, 1.82) is 0 Å². The molecule has 7 heteroatoms. The van der Waals surface area contributed by atoms with Crippen LogP contribution in [0.4, 0.5) is 0 Å². The molecule has 0 saturated carbocycles. The first-order chi connectivity index (χ1) is 13.7. The smallest absolute Gasteiger partial charge is 0.274 e. The second kappa shape index (κ2) is 9.91. The van der Waals surface area contributed by atoms with Gasteiger partial charge in [0.15, 0.2) is 0 Å². The van der Waals surface area contributed by atoms with Gasteiger partial charge >= 0.3 is 0 Å². The van der Waals surface area contributed by atoms with Gasteiger partial charge in [-0.3, -0.25) is 19.6 Å². The maximum absolute atomic E-state index is 12.8. The van der Waals surface area contributed by atoms with Gasteiger partial charge < -0.3 is 10.2 Å². The van der Waals surface area contributed by atoms with Gasteiger partial charge in [-0.1, -0.05) is 36.4 Å². The lowest BCUT2D eigenvalue weighted by Gasteiger charge is -2.22. The van der Waals surface area contributed by atoms with E-state index in [0.717, 1.165) is 11.3 Å². The van der Waals surface area contributed by atoms with Crippen LogP contribution in [0.3, 0.4) is 0 Å². The zero-order chi connectivity index (χ0) is 19.6. The summed E-state index contributed by atoms with van der Waals surface area (Å²) in [7, 11) is 0. The summed E-state index contributed by atoms with van der Waals surface area (Å²) in [5, 5.41) is 2.83. The first-order valence-electron chi connectivity index (χ1n) is 8.98. The summed E-state index contributed by atoms with van der Waals surface area (Å²) >= 11 is 0. The first-order valence-corrected chi connectivity index (χ1v) is 8.98. The maximum atomic E-state index is 12.8. The number of carbonyl (C=O) groups is 2. The van der Waals surface area contributed by atoms with Crippen LogP contribution in [0, 0.1) is 0 Å². The van der Waals surface area contributed by atoms with Gasteiger partial charge in [0.2, 0.25) is 5.91 Å². The summed E-state index contributed by atoms with van der Waals surface area (Å²) in [4.78, 5) is 38.9. The molecule has 7 nitrogen and oxygen atoms in total. The van der Waals surface area contributed by atoms with Crippen LogP contribution in [-0.2, 0) is 17.9 Å². The van der Waals surface area contributed by atoms with Crippen molar-refractivity contribution < 1.29 is 9.59 Å². The van der Waals surface area contributed by atoms with Crippen LogP contribution in [0.2, 0.25) is 0 Å². The summed E-state index contributed by atoms with van der Waals surface area (Å²) in [5.74, 6) is -0.398. The fourth-order valence-electron chi connectivity index (χ4n) is 2.64. The molecule has 3 rings (SSSR count). The minimum atomic E-state index is -0.255. The van der Waals surface area contributed by atoms with Gasteiger partial charge in [-0.05, 0) is 17.7 Å². The Morgan fingerprint density at radius 1 is 0.929 bits per heavy atom. The Kier molecular flexibility index (Phi) is 6.78. The van der Waals surface area contributed by atoms with E-state index in [1.807, 2.05) is 48.5 Å². The second-order valence-electron chi connectivity index (χ2n) is 6.15. The van der Waals surface area contributed by atoms with Crippen LogP contribution >= 0.6 is 0 Å². The number of amides is 2.